The van der Waals surface area contributed by atoms with Crippen molar-refractivity contribution in [3.05, 3.63) is 58.9 Å². The zero-order valence-electron chi connectivity index (χ0n) is 12.3. The molecule has 1 aromatic heterocycles. The molecule has 0 bridgehead atoms. The standard InChI is InChI=1S/C17H19N3O/c1-13-5-10-16(20(13)2)17(21)19-12-15-8-6-14(7-9-15)4-3-11-18/h5-10H,11-12,18H2,1-2H3,(H,19,21). The van der Waals surface area contributed by atoms with Gasteiger partial charge in [0.15, 0.2) is 0 Å². The fraction of sp³-hybridized carbons (Fsp3) is 0.235. The molecule has 0 atom stereocenters. The van der Waals surface area contributed by atoms with Gasteiger partial charge in [0.1, 0.15) is 5.69 Å². The topological polar surface area (TPSA) is 60.1 Å². The molecule has 0 aliphatic carbocycles. The minimum Gasteiger partial charge on any atom is -0.347 e. The highest BCUT2D eigenvalue weighted by atomic mass is 16.1. The van der Waals surface area contributed by atoms with E-state index in [0.29, 0.717) is 18.8 Å². The van der Waals surface area contributed by atoms with Crippen LogP contribution in [0.3, 0.4) is 0 Å². The summed E-state index contributed by atoms with van der Waals surface area (Å²) >= 11 is 0. The molecule has 0 radical (unpaired) electrons. The number of amides is 1. The van der Waals surface area contributed by atoms with Gasteiger partial charge in [0.2, 0.25) is 0 Å². The van der Waals surface area contributed by atoms with Gasteiger partial charge in [0, 0.05) is 24.8 Å². The van der Waals surface area contributed by atoms with Gasteiger partial charge in [-0.1, -0.05) is 24.0 Å². The summed E-state index contributed by atoms with van der Waals surface area (Å²) in [6, 6.07) is 11.5. The second-order valence-corrected chi connectivity index (χ2v) is 4.80. The first-order chi connectivity index (χ1) is 10.1. The Morgan fingerprint density at radius 2 is 1.95 bits per heavy atom. The molecule has 0 aliphatic heterocycles. The monoisotopic (exact) mass is 281 g/mol. The van der Waals surface area contributed by atoms with Crippen LogP contribution in [0.2, 0.25) is 0 Å². The van der Waals surface area contributed by atoms with E-state index in [4.69, 9.17) is 5.73 Å². The minimum atomic E-state index is -0.0717. The van der Waals surface area contributed by atoms with Crippen LogP contribution in [0.25, 0.3) is 0 Å². The van der Waals surface area contributed by atoms with Crippen molar-refractivity contribution in [2.45, 2.75) is 13.5 Å². The van der Waals surface area contributed by atoms with Gasteiger partial charge in [-0.05, 0) is 36.8 Å². The van der Waals surface area contributed by atoms with Crippen LogP contribution in [0.4, 0.5) is 0 Å². The predicted octanol–water partition coefficient (Wildman–Crippen LogP) is 1.57. The Kier molecular flexibility index (Phi) is 4.81. The highest BCUT2D eigenvalue weighted by molar-refractivity contribution is 5.92. The Morgan fingerprint density at radius 3 is 2.52 bits per heavy atom. The van der Waals surface area contributed by atoms with Crippen LogP contribution in [0.15, 0.2) is 36.4 Å². The van der Waals surface area contributed by atoms with Crippen LogP contribution in [0.1, 0.15) is 27.3 Å². The minimum absolute atomic E-state index is 0.0717. The number of carbonyl (C=O) groups excluding carboxylic acids is 1. The third kappa shape index (κ3) is 3.74. The highest BCUT2D eigenvalue weighted by Crippen LogP contribution is 2.07. The molecule has 4 nitrogen and oxygen atoms in total. The Morgan fingerprint density at radius 1 is 1.24 bits per heavy atom. The molecule has 2 rings (SSSR count). The summed E-state index contributed by atoms with van der Waals surface area (Å²) in [6.07, 6.45) is 0. The highest BCUT2D eigenvalue weighted by Gasteiger charge is 2.10. The summed E-state index contributed by atoms with van der Waals surface area (Å²) in [5, 5.41) is 2.92. The Labute approximate surface area is 125 Å². The summed E-state index contributed by atoms with van der Waals surface area (Å²) in [6.45, 7) is 2.82. The van der Waals surface area contributed by atoms with Gasteiger partial charge in [-0.2, -0.15) is 0 Å². The van der Waals surface area contributed by atoms with Gasteiger partial charge >= 0.3 is 0 Å². The number of benzene rings is 1. The zero-order valence-corrected chi connectivity index (χ0v) is 12.3. The Balaban J connectivity index is 1.97. The average molecular weight is 281 g/mol. The van der Waals surface area contributed by atoms with Crippen molar-refractivity contribution >= 4 is 5.91 Å². The lowest BCUT2D eigenvalue weighted by Crippen LogP contribution is -2.25. The molecule has 1 heterocycles. The van der Waals surface area contributed by atoms with E-state index in [1.807, 2.05) is 54.9 Å². The van der Waals surface area contributed by atoms with Gasteiger partial charge in [-0.25, -0.2) is 0 Å². The summed E-state index contributed by atoms with van der Waals surface area (Å²) in [5.74, 6) is 5.70. The number of hydrogen-bond acceptors (Lipinski definition) is 2. The number of rotatable bonds is 3. The van der Waals surface area contributed by atoms with Crippen LogP contribution in [-0.2, 0) is 13.6 Å². The van der Waals surface area contributed by atoms with Crippen molar-refractivity contribution in [3.8, 4) is 11.8 Å². The van der Waals surface area contributed by atoms with Crippen molar-refractivity contribution in [1.82, 2.24) is 9.88 Å². The molecule has 0 unspecified atom stereocenters. The van der Waals surface area contributed by atoms with Crippen LogP contribution >= 0.6 is 0 Å². The van der Waals surface area contributed by atoms with E-state index in [1.54, 1.807) is 0 Å². The lowest BCUT2D eigenvalue weighted by molar-refractivity contribution is 0.0942. The largest absolute Gasteiger partial charge is 0.347 e. The summed E-state index contributed by atoms with van der Waals surface area (Å²) in [7, 11) is 1.88. The van der Waals surface area contributed by atoms with E-state index < -0.39 is 0 Å². The molecular weight excluding hydrogens is 262 g/mol. The lowest BCUT2D eigenvalue weighted by atomic mass is 10.1. The van der Waals surface area contributed by atoms with Crippen molar-refractivity contribution in [3.63, 3.8) is 0 Å². The van der Waals surface area contributed by atoms with E-state index in [2.05, 4.69) is 17.2 Å². The molecule has 3 N–H and O–H groups in total. The van der Waals surface area contributed by atoms with E-state index in [0.717, 1.165) is 16.8 Å². The molecule has 21 heavy (non-hydrogen) atoms. The van der Waals surface area contributed by atoms with E-state index >= 15 is 0 Å². The van der Waals surface area contributed by atoms with Crippen molar-refractivity contribution in [2.24, 2.45) is 12.8 Å². The number of hydrogen-bond donors (Lipinski definition) is 2. The second kappa shape index (κ2) is 6.78. The number of nitrogens with one attached hydrogen (secondary N) is 1. The van der Waals surface area contributed by atoms with Gasteiger partial charge in [0.05, 0.1) is 6.54 Å². The maximum Gasteiger partial charge on any atom is 0.268 e. The van der Waals surface area contributed by atoms with E-state index in [-0.39, 0.29) is 5.91 Å². The first-order valence-corrected chi connectivity index (χ1v) is 6.80. The number of carbonyl (C=O) groups is 1. The van der Waals surface area contributed by atoms with Crippen molar-refractivity contribution < 1.29 is 4.79 Å². The van der Waals surface area contributed by atoms with Crippen molar-refractivity contribution in [1.29, 1.82) is 0 Å². The predicted molar refractivity (Wildman–Crippen MR) is 83.7 cm³/mol. The third-order valence-electron chi connectivity index (χ3n) is 3.35. The molecule has 2 aromatic rings. The maximum atomic E-state index is 12.1. The van der Waals surface area contributed by atoms with Gasteiger partial charge in [-0.3, -0.25) is 4.79 Å². The number of aromatic nitrogens is 1. The van der Waals surface area contributed by atoms with Crippen molar-refractivity contribution in [2.75, 3.05) is 6.54 Å². The SMILES string of the molecule is Cc1ccc(C(=O)NCc2ccc(C#CCN)cc2)n1C. The molecule has 0 spiro atoms. The molecular formula is C17H19N3O. The molecule has 1 amide bonds. The lowest BCUT2D eigenvalue weighted by Gasteiger charge is -2.07. The van der Waals surface area contributed by atoms with Gasteiger partial charge in [-0.15, -0.1) is 0 Å². The summed E-state index contributed by atoms with van der Waals surface area (Å²) < 4.78 is 1.88. The molecule has 108 valence electrons. The number of nitrogens with two attached hydrogens (primary N) is 1. The van der Waals surface area contributed by atoms with E-state index in [1.165, 1.54) is 0 Å². The number of aryl methyl sites for hydroxylation is 1. The first-order valence-electron chi connectivity index (χ1n) is 6.80. The molecule has 0 saturated heterocycles. The number of nitrogens with zero attached hydrogens (tertiary/aromatic N) is 1. The average Bonchev–Trinajstić information content (AvgIpc) is 2.83. The fourth-order valence-corrected chi connectivity index (χ4v) is 1.97. The third-order valence-corrected chi connectivity index (χ3v) is 3.35. The van der Waals surface area contributed by atoms with Crippen LogP contribution in [-0.4, -0.2) is 17.0 Å². The van der Waals surface area contributed by atoms with Crippen LogP contribution < -0.4 is 11.1 Å². The quantitative estimate of drug-likeness (QED) is 0.839. The Hall–Kier alpha value is -2.51. The summed E-state index contributed by atoms with van der Waals surface area (Å²) in [4.78, 5) is 12.1. The normalized spacial score (nSPS) is 9.86. The summed E-state index contributed by atoms with van der Waals surface area (Å²) in [5.41, 5.74) is 9.02. The van der Waals surface area contributed by atoms with Gasteiger partial charge in [0.25, 0.3) is 5.91 Å². The van der Waals surface area contributed by atoms with E-state index in [9.17, 15) is 4.79 Å². The molecule has 1 aromatic carbocycles. The van der Waals surface area contributed by atoms with Crippen LogP contribution in [0.5, 0.6) is 0 Å². The van der Waals surface area contributed by atoms with Gasteiger partial charge < -0.3 is 15.6 Å². The molecule has 0 aliphatic rings. The molecule has 0 fully saturated rings. The fourth-order valence-electron chi connectivity index (χ4n) is 1.97. The molecule has 4 heteroatoms. The van der Waals surface area contributed by atoms with Crippen LogP contribution in [0, 0.1) is 18.8 Å². The zero-order chi connectivity index (χ0) is 15.2. The smallest absolute Gasteiger partial charge is 0.268 e. The maximum absolute atomic E-state index is 12.1. The Bertz CT molecular complexity index is 687. The first kappa shape index (κ1) is 14.9. The molecule has 0 saturated carbocycles. The second-order valence-electron chi connectivity index (χ2n) is 4.80.